The number of likely N-dealkylation sites (N-methyl/N-ethyl adjacent to an activating group) is 1. The molecule has 1 rings (SSSR count). The molecule has 0 aliphatic heterocycles. The molecular formula is C14H27NO4. The Hall–Kier alpha value is -0.490. The number of methoxy groups -OCH3 is 1. The summed E-state index contributed by atoms with van der Waals surface area (Å²) in [5.74, 6) is 0.411. The summed E-state index contributed by atoms with van der Waals surface area (Å²) in [5, 5.41) is 0. The van der Waals surface area contributed by atoms with Crippen LogP contribution in [0.5, 0.6) is 0 Å². The van der Waals surface area contributed by atoms with E-state index in [1.165, 1.54) is 0 Å². The Labute approximate surface area is 116 Å². The van der Waals surface area contributed by atoms with Crippen LogP contribution in [0.4, 0.5) is 0 Å². The summed E-state index contributed by atoms with van der Waals surface area (Å²) in [6, 6.07) is 0.541. The van der Waals surface area contributed by atoms with Crippen molar-refractivity contribution in [3.63, 3.8) is 0 Å². The topological polar surface area (TPSA) is 48.0 Å². The van der Waals surface area contributed by atoms with Crippen LogP contribution in [0.25, 0.3) is 0 Å². The minimum atomic E-state index is 0.411. The first-order valence-corrected chi connectivity index (χ1v) is 7.10. The van der Waals surface area contributed by atoms with Gasteiger partial charge < -0.3 is 19.1 Å². The highest BCUT2D eigenvalue weighted by atomic mass is 16.5. The molecule has 0 bridgehead atoms. The first kappa shape index (κ1) is 16.6. The van der Waals surface area contributed by atoms with Gasteiger partial charge in [-0.15, -0.1) is 0 Å². The van der Waals surface area contributed by atoms with Crippen LogP contribution >= 0.6 is 0 Å². The lowest BCUT2D eigenvalue weighted by Gasteiger charge is -2.30. The van der Waals surface area contributed by atoms with Crippen LogP contribution in [0.2, 0.25) is 0 Å². The molecule has 0 atom stereocenters. The zero-order valence-electron chi connectivity index (χ0n) is 12.2. The number of Topliss-reactive ketones (excluding diaryl/α,β-unsaturated/α-hetero) is 1. The molecule has 1 saturated carbocycles. The van der Waals surface area contributed by atoms with E-state index < -0.39 is 0 Å². The predicted octanol–water partition coefficient (Wildman–Crippen LogP) is 1.11. The van der Waals surface area contributed by atoms with Crippen molar-refractivity contribution in [3.8, 4) is 0 Å². The van der Waals surface area contributed by atoms with Gasteiger partial charge in [0.2, 0.25) is 0 Å². The third-order valence-electron chi connectivity index (χ3n) is 3.53. The highest BCUT2D eigenvalue weighted by Gasteiger charge is 2.21. The van der Waals surface area contributed by atoms with Gasteiger partial charge in [-0.1, -0.05) is 0 Å². The minimum Gasteiger partial charge on any atom is -0.382 e. The number of carbonyl (C=O) groups excluding carboxylic acids is 1. The molecule has 0 spiro atoms. The summed E-state index contributed by atoms with van der Waals surface area (Å²) in [5.41, 5.74) is 0. The van der Waals surface area contributed by atoms with E-state index in [4.69, 9.17) is 14.2 Å². The molecule has 0 amide bonds. The molecule has 19 heavy (non-hydrogen) atoms. The zero-order valence-corrected chi connectivity index (χ0v) is 12.2. The number of nitrogens with zero attached hydrogens (tertiary/aromatic N) is 1. The Morgan fingerprint density at radius 1 is 1.05 bits per heavy atom. The molecule has 5 nitrogen and oxygen atoms in total. The largest absolute Gasteiger partial charge is 0.382 e. The Morgan fingerprint density at radius 3 is 2.26 bits per heavy atom. The maximum Gasteiger partial charge on any atom is 0.133 e. The molecule has 0 unspecified atom stereocenters. The molecule has 0 heterocycles. The summed E-state index contributed by atoms with van der Waals surface area (Å²) < 4.78 is 15.7. The first-order valence-electron chi connectivity index (χ1n) is 7.10. The first-order chi connectivity index (χ1) is 9.24. The molecule has 0 radical (unpaired) electrons. The fourth-order valence-corrected chi connectivity index (χ4v) is 2.22. The highest BCUT2D eigenvalue weighted by Crippen LogP contribution is 2.18. The lowest BCUT2D eigenvalue weighted by atomic mass is 9.93. The third-order valence-corrected chi connectivity index (χ3v) is 3.53. The summed E-state index contributed by atoms with van der Waals surface area (Å²) in [6.45, 7) is 4.12. The average molecular weight is 273 g/mol. The summed E-state index contributed by atoms with van der Waals surface area (Å²) in [7, 11) is 3.77. The van der Waals surface area contributed by atoms with Crippen molar-refractivity contribution in [2.75, 3.05) is 53.7 Å². The fraction of sp³-hybridized carbons (Fsp3) is 0.929. The second-order valence-corrected chi connectivity index (χ2v) is 4.97. The second kappa shape index (κ2) is 10.3. The summed E-state index contributed by atoms with van der Waals surface area (Å²) >= 11 is 0. The van der Waals surface area contributed by atoms with Crippen molar-refractivity contribution < 1.29 is 19.0 Å². The lowest BCUT2D eigenvalue weighted by Crippen LogP contribution is -2.37. The molecule has 0 N–H and O–H groups in total. The lowest BCUT2D eigenvalue weighted by molar-refractivity contribution is -0.121. The van der Waals surface area contributed by atoms with Gasteiger partial charge >= 0.3 is 0 Å². The molecule has 1 aliphatic carbocycles. The summed E-state index contributed by atoms with van der Waals surface area (Å²) in [4.78, 5) is 13.5. The number of hydrogen-bond donors (Lipinski definition) is 0. The van der Waals surface area contributed by atoms with Gasteiger partial charge in [-0.25, -0.2) is 0 Å². The van der Waals surface area contributed by atoms with Gasteiger partial charge in [-0.2, -0.15) is 0 Å². The maximum atomic E-state index is 11.2. The van der Waals surface area contributed by atoms with Crippen molar-refractivity contribution in [1.82, 2.24) is 4.90 Å². The van der Waals surface area contributed by atoms with Crippen LogP contribution in [0.3, 0.4) is 0 Å². The Balaban J connectivity index is 1.92. The molecule has 0 aromatic carbocycles. The predicted molar refractivity (Wildman–Crippen MR) is 73.4 cm³/mol. The van der Waals surface area contributed by atoms with Crippen LogP contribution in [0.15, 0.2) is 0 Å². The molecular weight excluding hydrogens is 246 g/mol. The van der Waals surface area contributed by atoms with E-state index in [0.29, 0.717) is 44.9 Å². The molecule has 1 aliphatic rings. The number of hydrogen-bond acceptors (Lipinski definition) is 5. The number of rotatable bonds is 10. The van der Waals surface area contributed by atoms with E-state index in [0.717, 1.165) is 32.2 Å². The van der Waals surface area contributed by atoms with E-state index in [-0.39, 0.29) is 0 Å². The molecule has 0 aromatic heterocycles. The number of ketones is 1. The smallest absolute Gasteiger partial charge is 0.133 e. The Morgan fingerprint density at radius 2 is 1.63 bits per heavy atom. The van der Waals surface area contributed by atoms with Crippen molar-refractivity contribution in [3.05, 3.63) is 0 Å². The van der Waals surface area contributed by atoms with Crippen LogP contribution in [-0.4, -0.2) is 70.5 Å². The number of carbonyl (C=O) groups is 1. The van der Waals surface area contributed by atoms with E-state index >= 15 is 0 Å². The van der Waals surface area contributed by atoms with Gasteiger partial charge in [0.05, 0.1) is 33.0 Å². The van der Waals surface area contributed by atoms with Crippen molar-refractivity contribution >= 4 is 5.78 Å². The van der Waals surface area contributed by atoms with E-state index in [2.05, 4.69) is 11.9 Å². The molecule has 1 fully saturated rings. The molecule has 5 heteroatoms. The Kier molecular flexibility index (Phi) is 8.99. The van der Waals surface area contributed by atoms with Gasteiger partial charge in [0, 0.05) is 32.5 Å². The number of ether oxygens (including phenoxy) is 3. The van der Waals surface area contributed by atoms with Gasteiger partial charge in [-0.3, -0.25) is 4.79 Å². The minimum absolute atomic E-state index is 0.411. The van der Waals surface area contributed by atoms with Gasteiger partial charge in [0.25, 0.3) is 0 Å². The average Bonchev–Trinajstić information content (AvgIpc) is 2.42. The standard InChI is InChI=1S/C14H27NO4/c1-15(13-3-5-14(16)6-4-13)7-8-18-11-12-19-10-9-17-2/h13H,3-12H2,1-2H3. The summed E-state index contributed by atoms with van der Waals surface area (Å²) in [6.07, 6.45) is 3.47. The van der Waals surface area contributed by atoms with Gasteiger partial charge in [0.1, 0.15) is 5.78 Å². The van der Waals surface area contributed by atoms with E-state index in [1.54, 1.807) is 7.11 Å². The van der Waals surface area contributed by atoms with Crippen LogP contribution in [0, 0.1) is 0 Å². The molecule has 112 valence electrons. The second-order valence-electron chi connectivity index (χ2n) is 4.97. The molecule has 0 aromatic rings. The monoisotopic (exact) mass is 273 g/mol. The molecule has 0 saturated heterocycles. The zero-order chi connectivity index (χ0) is 13.9. The fourth-order valence-electron chi connectivity index (χ4n) is 2.22. The quantitative estimate of drug-likeness (QED) is 0.558. The van der Waals surface area contributed by atoms with Crippen molar-refractivity contribution in [2.45, 2.75) is 31.7 Å². The van der Waals surface area contributed by atoms with Crippen molar-refractivity contribution in [1.29, 1.82) is 0 Å². The third kappa shape index (κ3) is 7.62. The van der Waals surface area contributed by atoms with Gasteiger partial charge in [-0.05, 0) is 19.9 Å². The Bertz CT molecular complexity index is 238. The van der Waals surface area contributed by atoms with E-state index in [9.17, 15) is 4.79 Å². The maximum absolute atomic E-state index is 11.2. The van der Waals surface area contributed by atoms with Gasteiger partial charge in [0.15, 0.2) is 0 Å². The normalized spacial score (nSPS) is 17.3. The van der Waals surface area contributed by atoms with E-state index in [1.807, 2.05) is 0 Å². The highest BCUT2D eigenvalue weighted by molar-refractivity contribution is 5.79. The van der Waals surface area contributed by atoms with Crippen molar-refractivity contribution in [2.24, 2.45) is 0 Å². The van der Waals surface area contributed by atoms with Crippen LogP contribution in [0.1, 0.15) is 25.7 Å². The van der Waals surface area contributed by atoms with Crippen LogP contribution < -0.4 is 0 Å². The SMILES string of the molecule is COCCOCCOCCN(C)C1CCC(=O)CC1. The van der Waals surface area contributed by atoms with Crippen LogP contribution in [-0.2, 0) is 19.0 Å².